The fraction of sp³-hybridized carbons (Fsp3) is 0.200. The van der Waals surface area contributed by atoms with Crippen LogP contribution < -0.4 is 15.4 Å². The Morgan fingerprint density at radius 2 is 1.93 bits per heavy atom. The first-order valence-corrected chi connectivity index (χ1v) is 8.63. The molecule has 0 aliphatic rings. The van der Waals surface area contributed by atoms with Crippen LogP contribution in [0.2, 0.25) is 0 Å². The van der Waals surface area contributed by atoms with E-state index in [0.29, 0.717) is 12.4 Å². The Labute approximate surface area is 157 Å². The molecule has 2 N–H and O–H groups in total. The molecule has 0 atom stereocenters. The van der Waals surface area contributed by atoms with Crippen LogP contribution in [0.4, 0.5) is 11.5 Å². The first kappa shape index (κ1) is 18.3. The smallest absolute Gasteiger partial charge is 0.271 e. The number of carbonyl (C=O) groups is 1. The number of benzene rings is 1. The van der Waals surface area contributed by atoms with Crippen molar-refractivity contribution in [2.45, 2.75) is 26.5 Å². The van der Waals surface area contributed by atoms with E-state index >= 15 is 0 Å². The van der Waals surface area contributed by atoms with E-state index in [9.17, 15) is 4.79 Å². The maximum Gasteiger partial charge on any atom is 0.271 e. The Morgan fingerprint density at radius 3 is 2.63 bits per heavy atom. The van der Waals surface area contributed by atoms with Crippen molar-refractivity contribution in [2.75, 3.05) is 5.32 Å². The lowest BCUT2D eigenvalue weighted by molar-refractivity contribution is 0.0945. The number of carbonyl (C=O) groups excluding carboxylic acids is 1. The van der Waals surface area contributed by atoms with Crippen LogP contribution in [0.5, 0.6) is 5.75 Å². The fourth-order valence-corrected chi connectivity index (χ4v) is 2.35. The van der Waals surface area contributed by atoms with Crippen molar-refractivity contribution in [1.29, 1.82) is 0 Å². The number of ether oxygens (including phenoxy) is 1. The molecule has 7 nitrogen and oxygen atoms in total. The molecular weight excluding hydrogens is 342 g/mol. The minimum atomic E-state index is -0.290. The van der Waals surface area contributed by atoms with E-state index in [0.717, 1.165) is 17.0 Å². The molecule has 3 aromatic rings. The molecule has 1 amide bonds. The SMILES string of the molecule is CC(C)Oc1ccccc1Nc1cnc(C(=O)NCc2cccnc2)cn1. The predicted octanol–water partition coefficient (Wildman–Crippen LogP) is 3.33. The number of para-hydroxylation sites is 2. The summed E-state index contributed by atoms with van der Waals surface area (Å²) in [6, 6.07) is 11.3. The van der Waals surface area contributed by atoms with Gasteiger partial charge in [0, 0.05) is 18.9 Å². The number of rotatable bonds is 7. The highest BCUT2D eigenvalue weighted by Crippen LogP contribution is 2.27. The summed E-state index contributed by atoms with van der Waals surface area (Å²) in [5.74, 6) is 0.965. The third kappa shape index (κ3) is 5.24. The van der Waals surface area contributed by atoms with Gasteiger partial charge in [0.1, 0.15) is 17.3 Å². The Morgan fingerprint density at radius 1 is 1.07 bits per heavy atom. The number of hydrogen-bond donors (Lipinski definition) is 2. The summed E-state index contributed by atoms with van der Waals surface area (Å²) >= 11 is 0. The quantitative estimate of drug-likeness (QED) is 0.669. The summed E-state index contributed by atoms with van der Waals surface area (Å²) < 4.78 is 5.77. The van der Waals surface area contributed by atoms with Crippen molar-refractivity contribution >= 4 is 17.4 Å². The van der Waals surface area contributed by atoms with E-state index in [1.165, 1.54) is 12.4 Å². The highest BCUT2D eigenvalue weighted by Gasteiger charge is 2.10. The van der Waals surface area contributed by atoms with Crippen LogP contribution in [-0.2, 0) is 6.54 Å². The summed E-state index contributed by atoms with van der Waals surface area (Å²) in [5.41, 5.74) is 1.95. The van der Waals surface area contributed by atoms with Crippen LogP contribution in [0.1, 0.15) is 29.9 Å². The molecule has 3 rings (SSSR count). The molecule has 0 spiro atoms. The van der Waals surface area contributed by atoms with Gasteiger partial charge in [0.15, 0.2) is 0 Å². The van der Waals surface area contributed by atoms with Gasteiger partial charge in [-0.05, 0) is 37.6 Å². The van der Waals surface area contributed by atoms with Crippen LogP contribution in [0.25, 0.3) is 0 Å². The van der Waals surface area contributed by atoms with Crippen molar-refractivity contribution < 1.29 is 9.53 Å². The molecule has 0 aliphatic heterocycles. The van der Waals surface area contributed by atoms with Crippen molar-refractivity contribution in [2.24, 2.45) is 0 Å². The van der Waals surface area contributed by atoms with Crippen molar-refractivity contribution in [3.63, 3.8) is 0 Å². The summed E-state index contributed by atoms with van der Waals surface area (Å²) in [7, 11) is 0. The van der Waals surface area contributed by atoms with E-state index in [2.05, 4.69) is 25.6 Å². The molecule has 0 bridgehead atoms. The first-order valence-electron chi connectivity index (χ1n) is 8.63. The average molecular weight is 363 g/mol. The lowest BCUT2D eigenvalue weighted by Crippen LogP contribution is -2.24. The topological polar surface area (TPSA) is 89.0 Å². The zero-order valence-electron chi connectivity index (χ0n) is 15.2. The molecule has 0 saturated heterocycles. The van der Waals surface area contributed by atoms with Crippen LogP contribution in [0, 0.1) is 0 Å². The molecule has 27 heavy (non-hydrogen) atoms. The predicted molar refractivity (Wildman–Crippen MR) is 103 cm³/mol. The number of pyridine rings is 1. The molecule has 7 heteroatoms. The van der Waals surface area contributed by atoms with Crippen LogP contribution in [0.3, 0.4) is 0 Å². The van der Waals surface area contributed by atoms with Crippen molar-refractivity contribution in [3.05, 3.63) is 72.4 Å². The summed E-state index contributed by atoms with van der Waals surface area (Å²) in [6.45, 7) is 4.32. The second kappa shape index (κ2) is 8.75. The van der Waals surface area contributed by atoms with Crippen LogP contribution in [0.15, 0.2) is 61.2 Å². The van der Waals surface area contributed by atoms with Gasteiger partial charge in [-0.3, -0.25) is 9.78 Å². The van der Waals surface area contributed by atoms with Gasteiger partial charge < -0.3 is 15.4 Å². The van der Waals surface area contributed by atoms with E-state index in [1.54, 1.807) is 12.4 Å². The number of hydrogen-bond acceptors (Lipinski definition) is 6. The second-order valence-electron chi connectivity index (χ2n) is 6.12. The molecular formula is C20H21N5O2. The van der Waals surface area contributed by atoms with E-state index in [4.69, 9.17) is 4.74 Å². The molecule has 1 aromatic carbocycles. The Bertz CT molecular complexity index is 882. The molecule has 0 fully saturated rings. The Hall–Kier alpha value is -3.48. The van der Waals surface area contributed by atoms with Crippen LogP contribution in [-0.4, -0.2) is 27.0 Å². The van der Waals surface area contributed by atoms with Gasteiger partial charge in [-0.25, -0.2) is 9.97 Å². The first-order chi connectivity index (χ1) is 13.1. The molecule has 0 saturated carbocycles. The standard InChI is InChI=1S/C20H21N5O2/c1-14(2)27-18-8-4-3-7-16(18)25-19-13-22-17(12-23-19)20(26)24-11-15-6-5-9-21-10-15/h3-10,12-14H,11H2,1-2H3,(H,23,25)(H,24,26). The molecule has 2 heterocycles. The van der Waals surface area contributed by atoms with Gasteiger partial charge in [0.25, 0.3) is 5.91 Å². The molecule has 138 valence electrons. The lowest BCUT2D eigenvalue weighted by Gasteiger charge is -2.15. The molecule has 0 aliphatic carbocycles. The van der Waals surface area contributed by atoms with Crippen molar-refractivity contribution in [1.82, 2.24) is 20.3 Å². The third-order valence-corrected chi connectivity index (χ3v) is 3.57. The third-order valence-electron chi connectivity index (χ3n) is 3.57. The molecule has 2 aromatic heterocycles. The number of amides is 1. The van der Waals surface area contributed by atoms with Gasteiger partial charge in [-0.2, -0.15) is 0 Å². The number of anilines is 2. The average Bonchev–Trinajstić information content (AvgIpc) is 2.69. The molecule has 0 unspecified atom stereocenters. The maximum absolute atomic E-state index is 12.2. The highest BCUT2D eigenvalue weighted by molar-refractivity contribution is 5.92. The zero-order valence-corrected chi connectivity index (χ0v) is 15.2. The normalized spacial score (nSPS) is 10.5. The lowest BCUT2D eigenvalue weighted by atomic mass is 10.3. The summed E-state index contributed by atoms with van der Waals surface area (Å²) in [5, 5.41) is 5.96. The number of aromatic nitrogens is 3. The van der Waals surface area contributed by atoms with Crippen LogP contribution >= 0.6 is 0 Å². The minimum Gasteiger partial charge on any atom is -0.489 e. The van der Waals surface area contributed by atoms with E-state index in [1.807, 2.05) is 50.2 Å². The second-order valence-corrected chi connectivity index (χ2v) is 6.12. The van der Waals surface area contributed by atoms with Gasteiger partial charge in [0.05, 0.1) is 24.2 Å². The van der Waals surface area contributed by atoms with Gasteiger partial charge in [0.2, 0.25) is 0 Å². The van der Waals surface area contributed by atoms with Gasteiger partial charge in [-0.15, -0.1) is 0 Å². The Balaban J connectivity index is 1.63. The minimum absolute atomic E-state index is 0.0601. The number of nitrogens with zero attached hydrogens (tertiary/aromatic N) is 3. The number of nitrogens with one attached hydrogen (secondary N) is 2. The van der Waals surface area contributed by atoms with E-state index < -0.39 is 0 Å². The van der Waals surface area contributed by atoms with E-state index in [-0.39, 0.29) is 17.7 Å². The summed E-state index contributed by atoms with van der Waals surface area (Å²) in [6.07, 6.45) is 6.41. The monoisotopic (exact) mass is 363 g/mol. The highest BCUT2D eigenvalue weighted by atomic mass is 16.5. The largest absolute Gasteiger partial charge is 0.489 e. The van der Waals surface area contributed by atoms with Gasteiger partial charge >= 0.3 is 0 Å². The molecule has 0 radical (unpaired) electrons. The maximum atomic E-state index is 12.2. The van der Waals surface area contributed by atoms with Crippen molar-refractivity contribution in [3.8, 4) is 5.75 Å². The van der Waals surface area contributed by atoms with Gasteiger partial charge in [-0.1, -0.05) is 18.2 Å². The summed E-state index contributed by atoms with van der Waals surface area (Å²) in [4.78, 5) is 24.7. The fourth-order valence-electron chi connectivity index (χ4n) is 2.35. The Kier molecular flexibility index (Phi) is 5.94. The zero-order chi connectivity index (χ0) is 19.1.